The van der Waals surface area contributed by atoms with Gasteiger partial charge in [0.05, 0.1) is 20.8 Å². The molecule has 0 spiro atoms. The van der Waals surface area contributed by atoms with Crippen LogP contribution in [-0.4, -0.2) is 23.1 Å². The van der Waals surface area contributed by atoms with Gasteiger partial charge in [-0.25, -0.2) is 9.59 Å². The average Bonchev–Trinajstić information content (AvgIpc) is 2.34. The number of carboxylic acids is 1. The van der Waals surface area contributed by atoms with Crippen molar-refractivity contribution < 1.29 is 14.7 Å². The summed E-state index contributed by atoms with van der Waals surface area (Å²) in [5.74, 6) is -0.973. The maximum Gasteiger partial charge on any atom is 0.326 e. The number of amides is 2. The fraction of sp³-hybridized carbons (Fsp3) is 0.385. The number of rotatable bonds is 5. The number of halogens is 3. The lowest BCUT2D eigenvalue weighted by atomic mass is 10.0. The van der Waals surface area contributed by atoms with E-state index in [0.717, 1.165) is 0 Å². The van der Waals surface area contributed by atoms with Gasteiger partial charge in [-0.2, -0.15) is 0 Å². The van der Waals surface area contributed by atoms with Crippen molar-refractivity contribution in [3.63, 3.8) is 0 Å². The summed E-state index contributed by atoms with van der Waals surface area (Å²) >= 11 is 17.5. The van der Waals surface area contributed by atoms with Crippen molar-refractivity contribution in [2.24, 2.45) is 5.92 Å². The molecule has 0 saturated carbocycles. The normalized spacial score (nSPS) is 12.1. The van der Waals surface area contributed by atoms with Gasteiger partial charge in [0.1, 0.15) is 6.04 Å². The van der Waals surface area contributed by atoms with E-state index in [-0.39, 0.29) is 26.7 Å². The number of hydrogen-bond acceptors (Lipinski definition) is 2. The van der Waals surface area contributed by atoms with Crippen LogP contribution in [0.15, 0.2) is 12.1 Å². The molecule has 8 heteroatoms. The number of urea groups is 1. The second kappa shape index (κ2) is 7.73. The molecule has 0 saturated heterocycles. The molecule has 1 aromatic carbocycles. The Bertz CT molecular complexity index is 550. The molecule has 1 aromatic rings. The van der Waals surface area contributed by atoms with E-state index in [9.17, 15) is 9.59 Å². The number of anilines is 1. The topological polar surface area (TPSA) is 78.4 Å². The zero-order chi connectivity index (χ0) is 16.2. The summed E-state index contributed by atoms with van der Waals surface area (Å²) in [5.41, 5.74) is 0.247. The van der Waals surface area contributed by atoms with Gasteiger partial charge in [0.2, 0.25) is 0 Å². The van der Waals surface area contributed by atoms with Crippen molar-refractivity contribution in [1.29, 1.82) is 0 Å². The van der Waals surface area contributed by atoms with E-state index >= 15 is 0 Å². The van der Waals surface area contributed by atoms with Crippen molar-refractivity contribution in [2.75, 3.05) is 5.32 Å². The van der Waals surface area contributed by atoms with Gasteiger partial charge >= 0.3 is 12.0 Å². The average molecular weight is 354 g/mol. The minimum atomic E-state index is -1.10. The molecular formula is C13H15Cl3N2O3. The highest BCUT2D eigenvalue weighted by Crippen LogP contribution is 2.32. The van der Waals surface area contributed by atoms with Gasteiger partial charge in [-0.1, -0.05) is 48.7 Å². The first kappa shape index (κ1) is 17.9. The third-order valence-corrected chi connectivity index (χ3v) is 3.60. The summed E-state index contributed by atoms with van der Waals surface area (Å²) < 4.78 is 0. The van der Waals surface area contributed by atoms with Crippen molar-refractivity contribution in [3.05, 3.63) is 27.2 Å². The zero-order valence-corrected chi connectivity index (χ0v) is 13.7. The molecule has 1 atom stereocenters. The summed E-state index contributed by atoms with van der Waals surface area (Å²) in [7, 11) is 0. The molecule has 0 aromatic heterocycles. The fourth-order valence-electron chi connectivity index (χ4n) is 1.63. The van der Waals surface area contributed by atoms with E-state index < -0.39 is 18.0 Å². The summed E-state index contributed by atoms with van der Waals surface area (Å²) in [4.78, 5) is 22.9. The minimum Gasteiger partial charge on any atom is -0.480 e. The van der Waals surface area contributed by atoms with E-state index in [4.69, 9.17) is 39.9 Å². The Kier molecular flexibility index (Phi) is 6.58. The van der Waals surface area contributed by atoms with Crippen molar-refractivity contribution in [1.82, 2.24) is 5.32 Å². The summed E-state index contributed by atoms with van der Waals surface area (Å²) in [5, 5.41) is 14.6. The molecule has 0 aliphatic heterocycles. The smallest absolute Gasteiger partial charge is 0.326 e. The van der Waals surface area contributed by atoms with Crippen LogP contribution < -0.4 is 10.6 Å². The van der Waals surface area contributed by atoms with Gasteiger partial charge in [-0.05, 0) is 24.5 Å². The Morgan fingerprint density at radius 1 is 1.14 bits per heavy atom. The second-order valence-corrected chi connectivity index (χ2v) is 6.09. The SMILES string of the molecule is CC(C)C[C@H](NC(=O)Nc1cc(Cl)c(Cl)cc1Cl)C(=O)O. The molecule has 0 aliphatic carbocycles. The molecule has 0 radical (unpaired) electrons. The molecular weight excluding hydrogens is 339 g/mol. The van der Waals surface area contributed by atoms with E-state index in [0.29, 0.717) is 6.42 Å². The molecule has 21 heavy (non-hydrogen) atoms. The molecule has 0 aliphatic rings. The first-order valence-corrected chi connectivity index (χ1v) is 7.29. The van der Waals surface area contributed by atoms with Crippen molar-refractivity contribution >= 4 is 52.5 Å². The van der Waals surface area contributed by atoms with Crippen molar-refractivity contribution in [2.45, 2.75) is 26.3 Å². The van der Waals surface area contributed by atoms with Gasteiger partial charge in [-0.3, -0.25) is 0 Å². The Morgan fingerprint density at radius 3 is 2.24 bits per heavy atom. The summed E-state index contributed by atoms with van der Waals surface area (Å²) in [6.45, 7) is 3.73. The number of carbonyl (C=O) groups excluding carboxylic acids is 1. The number of carboxylic acid groups (broad SMARTS) is 1. The Morgan fingerprint density at radius 2 is 1.71 bits per heavy atom. The van der Waals surface area contributed by atoms with E-state index in [1.165, 1.54) is 12.1 Å². The lowest BCUT2D eigenvalue weighted by Gasteiger charge is -2.17. The first-order chi connectivity index (χ1) is 9.70. The predicted molar refractivity (Wildman–Crippen MR) is 84.5 cm³/mol. The van der Waals surface area contributed by atoms with Crippen LogP contribution in [-0.2, 0) is 4.79 Å². The highest BCUT2D eigenvalue weighted by atomic mass is 35.5. The van der Waals surface area contributed by atoms with Crippen LogP contribution in [0.25, 0.3) is 0 Å². The van der Waals surface area contributed by atoms with Crippen LogP contribution in [0.4, 0.5) is 10.5 Å². The van der Waals surface area contributed by atoms with Gasteiger partial charge < -0.3 is 15.7 Å². The molecule has 3 N–H and O–H groups in total. The second-order valence-electron chi connectivity index (χ2n) is 4.86. The lowest BCUT2D eigenvalue weighted by Crippen LogP contribution is -2.43. The molecule has 0 fully saturated rings. The van der Waals surface area contributed by atoms with E-state index in [1.807, 2.05) is 13.8 Å². The van der Waals surface area contributed by atoms with Crippen LogP contribution in [0, 0.1) is 5.92 Å². The Labute approximate surface area is 137 Å². The van der Waals surface area contributed by atoms with Crippen molar-refractivity contribution in [3.8, 4) is 0 Å². The lowest BCUT2D eigenvalue weighted by molar-refractivity contribution is -0.139. The summed E-state index contributed by atoms with van der Waals surface area (Å²) in [6, 6.07) is 1.13. The third-order valence-electron chi connectivity index (χ3n) is 2.57. The molecule has 1 rings (SSSR count). The number of carbonyl (C=O) groups is 2. The zero-order valence-electron chi connectivity index (χ0n) is 11.4. The van der Waals surface area contributed by atoms with Crippen LogP contribution >= 0.6 is 34.8 Å². The highest BCUT2D eigenvalue weighted by Gasteiger charge is 2.21. The molecule has 5 nitrogen and oxygen atoms in total. The predicted octanol–water partition coefficient (Wildman–Crippen LogP) is 4.27. The standard InChI is InChI=1S/C13H15Cl3N2O3/c1-6(2)3-11(12(19)20)18-13(21)17-10-5-8(15)7(14)4-9(10)16/h4-6,11H,3H2,1-2H3,(H,19,20)(H2,17,18,21)/t11-/m0/s1. The minimum absolute atomic E-state index is 0.125. The van der Waals surface area contributed by atoms with Gasteiger partial charge in [-0.15, -0.1) is 0 Å². The number of nitrogens with one attached hydrogen (secondary N) is 2. The maximum atomic E-state index is 11.8. The quantitative estimate of drug-likeness (QED) is 0.692. The highest BCUT2D eigenvalue weighted by molar-refractivity contribution is 6.44. The van der Waals surface area contributed by atoms with E-state index in [2.05, 4.69) is 10.6 Å². The number of hydrogen-bond donors (Lipinski definition) is 3. The monoisotopic (exact) mass is 352 g/mol. The third kappa shape index (κ3) is 5.61. The van der Waals surface area contributed by atoms with Crippen LogP contribution in [0.5, 0.6) is 0 Å². The molecule has 2 amide bonds. The van der Waals surface area contributed by atoms with Crippen LogP contribution in [0.1, 0.15) is 20.3 Å². The fourth-order valence-corrected chi connectivity index (χ4v) is 2.22. The number of benzene rings is 1. The number of aliphatic carboxylic acids is 1. The first-order valence-electron chi connectivity index (χ1n) is 6.15. The maximum absolute atomic E-state index is 11.8. The Balaban J connectivity index is 2.77. The van der Waals surface area contributed by atoms with Gasteiger partial charge in [0, 0.05) is 0 Å². The largest absolute Gasteiger partial charge is 0.480 e. The molecule has 0 heterocycles. The van der Waals surface area contributed by atoms with Gasteiger partial charge in [0.25, 0.3) is 0 Å². The molecule has 0 bridgehead atoms. The summed E-state index contributed by atoms with van der Waals surface area (Å²) in [6.07, 6.45) is 0.317. The van der Waals surface area contributed by atoms with Crippen LogP contribution in [0.3, 0.4) is 0 Å². The van der Waals surface area contributed by atoms with E-state index in [1.54, 1.807) is 0 Å². The van der Waals surface area contributed by atoms with Crippen LogP contribution in [0.2, 0.25) is 15.1 Å². The molecule has 0 unspecified atom stereocenters. The molecule has 116 valence electrons. The Hall–Kier alpha value is -1.17. The van der Waals surface area contributed by atoms with Gasteiger partial charge in [0.15, 0.2) is 0 Å².